The van der Waals surface area contributed by atoms with E-state index in [4.69, 9.17) is 21.1 Å². The maximum Gasteiger partial charge on any atom is 0.170 e. The van der Waals surface area contributed by atoms with E-state index in [1.54, 1.807) is 36.4 Å². The number of carbonyl (C=O) groups excluding carboxylic acids is 1. The van der Waals surface area contributed by atoms with Crippen LogP contribution in [0.2, 0.25) is 5.02 Å². The first-order valence-corrected chi connectivity index (χ1v) is 6.76. The van der Waals surface area contributed by atoms with Crippen molar-refractivity contribution in [2.45, 2.75) is 13.3 Å². The van der Waals surface area contributed by atoms with Crippen LogP contribution in [-0.2, 0) is 0 Å². The highest BCUT2D eigenvalue weighted by Crippen LogP contribution is 2.36. The summed E-state index contributed by atoms with van der Waals surface area (Å²) in [5.74, 6) is 2.13. The third kappa shape index (κ3) is 2.37. The largest absolute Gasteiger partial charge is 0.492 e. The van der Waals surface area contributed by atoms with Crippen LogP contribution in [0.25, 0.3) is 0 Å². The van der Waals surface area contributed by atoms with Gasteiger partial charge >= 0.3 is 0 Å². The maximum atomic E-state index is 11.8. The van der Waals surface area contributed by atoms with E-state index in [-0.39, 0.29) is 5.78 Å². The van der Waals surface area contributed by atoms with Gasteiger partial charge in [0.05, 0.1) is 12.2 Å². The molecule has 2 aromatic carbocycles. The molecule has 2 aromatic rings. The quantitative estimate of drug-likeness (QED) is 0.821. The molecule has 102 valence electrons. The second-order valence-corrected chi connectivity index (χ2v) is 5.08. The molecule has 1 heterocycles. The summed E-state index contributed by atoms with van der Waals surface area (Å²) in [4.78, 5) is 11.8. The fourth-order valence-electron chi connectivity index (χ4n) is 2.20. The number of ether oxygens (including phenoxy) is 2. The molecule has 0 aliphatic carbocycles. The maximum absolute atomic E-state index is 11.8. The smallest absolute Gasteiger partial charge is 0.170 e. The van der Waals surface area contributed by atoms with Crippen LogP contribution in [0.1, 0.15) is 22.3 Å². The van der Waals surface area contributed by atoms with Crippen molar-refractivity contribution in [3.05, 3.63) is 52.5 Å². The number of benzene rings is 2. The second kappa shape index (κ2) is 5.17. The first-order valence-electron chi connectivity index (χ1n) is 6.38. The average Bonchev–Trinajstić information content (AvgIpc) is 2.45. The van der Waals surface area contributed by atoms with Crippen LogP contribution in [0.15, 0.2) is 36.4 Å². The minimum absolute atomic E-state index is 0.118. The summed E-state index contributed by atoms with van der Waals surface area (Å²) in [7, 11) is 0. The Morgan fingerprint density at radius 1 is 1.15 bits per heavy atom. The Balaban J connectivity index is 1.95. The standard InChI is InChI=1S/C16H13ClO3/c1-10-15(20-12-4-2-11(17)3-5-12)7-6-13-14(18)8-9-19-16(10)13/h2-7H,8-9H2,1H3. The number of hydrogen-bond donors (Lipinski definition) is 0. The van der Waals surface area contributed by atoms with Crippen molar-refractivity contribution in [2.75, 3.05) is 6.61 Å². The molecule has 0 radical (unpaired) electrons. The molecule has 0 fully saturated rings. The molecule has 0 atom stereocenters. The Kier molecular flexibility index (Phi) is 3.36. The van der Waals surface area contributed by atoms with Crippen molar-refractivity contribution in [3.63, 3.8) is 0 Å². The summed E-state index contributed by atoms with van der Waals surface area (Å²) in [5.41, 5.74) is 1.47. The van der Waals surface area contributed by atoms with Crippen molar-refractivity contribution in [1.82, 2.24) is 0 Å². The molecule has 1 aliphatic rings. The highest BCUT2D eigenvalue weighted by atomic mass is 35.5. The lowest BCUT2D eigenvalue weighted by Gasteiger charge is -2.20. The first kappa shape index (κ1) is 13.0. The first-order chi connectivity index (χ1) is 9.65. The number of halogens is 1. The normalized spacial score (nSPS) is 13.6. The minimum Gasteiger partial charge on any atom is -0.492 e. The lowest BCUT2D eigenvalue weighted by Crippen LogP contribution is -2.16. The van der Waals surface area contributed by atoms with Gasteiger partial charge in [-0.15, -0.1) is 0 Å². The molecule has 0 saturated carbocycles. The molecule has 0 amide bonds. The zero-order valence-electron chi connectivity index (χ0n) is 11.0. The molecular weight excluding hydrogens is 276 g/mol. The summed E-state index contributed by atoms with van der Waals surface area (Å²) in [6, 6.07) is 10.7. The lowest BCUT2D eigenvalue weighted by molar-refractivity contribution is 0.0932. The van der Waals surface area contributed by atoms with Gasteiger partial charge < -0.3 is 9.47 Å². The Morgan fingerprint density at radius 2 is 1.90 bits per heavy atom. The van der Waals surface area contributed by atoms with Gasteiger partial charge in [-0.1, -0.05) is 11.6 Å². The molecule has 0 spiro atoms. The van der Waals surface area contributed by atoms with Crippen LogP contribution in [0.5, 0.6) is 17.2 Å². The highest BCUT2D eigenvalue weighted by molar-refractivity contribution is 6.30. The predicted octanol–water partition coefficient (Wildman–Crippen LogP) is 4.41. The monoisotopic (exact) mass is 288 g/mol. The molecule has 20 heavy (non-hydrogen) atoms. The molecule has 0 N–H and O–H groups in total. The summed E-state index contributed by atoms with van der Waals surface area (Å²) in [5, 5.41) is 0.661. The SMILES string of the molecule is Cc1c(Oc2ccc(Cl)cc2)ccc2c1OCCC2=O. The molecule has 1 aliphatic heterocycles. The van der Waals surface area contributed by atoms with Crippen LogP contribution >= 0.6 is 11.6 Å². The second-order valence-electron chi connectivity index (χ2n) is 4.64. The Morgan fingerprint density at radius 3 is 2.65 bits per heavy atom. The molecule has 0 bridgehead atoms. The lowest BCUT2D eigenvalue weighted by atomic mass is 10.0. The van der Waals surface area contributed by atoms with E-state index in [2.05, 4.69) is 0 Å². The zero-order valence-corrected chi connectivity index (χ0v) is 11.7. The van der Waals surface area contributed by atoms with Crippen molar-refractivity contribution >= 4 is 17.4 Å². The fourth-order valence-corrected chi connectivity index (χ4v) is 2.33. The number of rotatable bonds is 2. The van der Waals surface area contributed by atoms with E-state index in [9.17, 15) is 4.79 Å². The predicted molar refractivity (Wildman–Crippen MR) is 77.1 cm³/mol. The van der Waals surface area contributed by atoms with Crippen molar-refractivity contribution in [3.8, 4) is 17.2 Å². The van der Waals surface area contributed by atoms with Crippen LogP contribution in [-0.4, -0.2) is 12.4 Å². The third-order valence-electron chi connectivity index (χ3n) is 3.27. The van der Waals surface area contributed by atoms with Crippen LogP contribution in [0, 0.1) is 6.92 Å². The van der Waals surface area contributed by atoms with Crippen molar-refractivity contribution in [1.29, 1.82) is 0 Å². The Labute approximate surface area is 122 Å². The number of fused-ring (bicyclic) bond motifs is 1. The van der Waals surface area contributed by atoms with E-state index in [0.717, 1.165) is 5.56 Å². The highest BCUT2D eigenvalue weighted by Gasteiger charge is 2.22. The molecule has 3 rings (SSSR count). The third-order valence-corrected chi connectivity index (χ3v) is 3.53. The molecule has 4 heteroatoms. The van der Waals surface area contributed by atoms with Gasteiger partial charge in [-0.3, -0.25) is 4.79 Å². The van der Waals surface area contributed by atoms with Gasteiger partial charge in [0.25, 0.3) is 0 Å². The summed E-state index contributed by atoms with van der Waals surface area (Å²) < 4.78 is 11.4. The number of Topliss-reactive ketones (excluding diaryl/α,β-unsaturated/α-hetero) is 1. The molecule has 0 saturated heterocycles. The minimum atomic E-state index is 0.118. The molecule has 0 unspecified atom stereocenters. The van der Waals surface area contributed by atoms with E-state index in [0.29, 0.717) is 40.9 Å². The molecular formula is C16H13ClO3. The van der Waals surface area contributed by atoms with Crippen LogP contribution in [0.3, 0.4) is 0 Å². The van der Waals surface area contributed by atoms with Gasteiger partial charge in [-0.25, -0.2) is 0 Å². The number of ketones is 1. The Bertz CT molecular complexity index is 662. The number of hydrogen-bond acceptors (Lipinski definition) is 3. The topological polar surface area (TPSA) is 35.5 Å². The van der Waals surface area contributed by atoms with Gasteiger partial charge in [0.1, 0.15) is 17.2 Å². The van der Waals surface area contributed by atoms with Crippen LogP contribution in [0.4, 0.5) is 0 Å². The van der Waals surface area contributed by atoms with Gasteiger partial charge in [0.2, 0.25) is 0 Å². The van der Waals surface area contributed by atoms with E-state index in [1.807, 2.05) is 6.92 Å². The van der Waals surface area contributed by atoms with Crippen molar-refractivity contribution in [2.24, 2.45) is 0 Å². The Hall–Kier alpha value is -2.00. The van der Waals surface area contributed by atoms with Gasteiger partial charge in [-0.2, -0.15) is 0 Å². The molecule has 3 nitrogen and oxygen atoms in total. The number of carbonyl (C=O) groups is 1. The average molecular weight is 289 g/mol. The summed E-state index contributed by atoms with van der Waals surface area (Å²) in [6.07, 6.45) is 0.434. The summed E-state index contributed by atoms with van der Waals surface area (Å²) in [6.45, 7) is 2.32. The van der Waals surface area contributed by atoms with E-state index in [1.165, 1.54) is 0 Å². The summed E-state index contributed by atoms with van der Waals surface area (Å²) >= 11 is 5.84. The fraction of sp³-hybridized carbons (Fsp3) is 0.188. The van der Waals surface area contributed by atoms with E-state index < -0.39 is 0 Å². The van der Waals surface area contributed by atoms with E-state index >= 15 is 0 Å². The van der Waals surface area contributed by atoms with Crippen LogP contribution < -0.4 is 9.47 Å². The molecule has 0 aromatic heterocycles. The zero-order chi connectivity index (χ0) is 14.1. The van der Waals surface area contributed by atoms with Gasteiger partial charge in [0.15, 0.2) is 5.78 Å². The van der Waals surface area contributed by atoms with Gasteiger partial charge in [0, 0.05) is 17.0 Å². The van der Waals surface area contributed by atoms with Crippen molar-refractivity contribution < 1.29 is 14.3 Å². The van der Waals surface area contributed by atoms with Gasteiger partial charge in [-0.05, 0) is 43.3 Å².